The molecule has 4 aromatic carbocycles. The SMILES string of the molecule is CCOCCOc1cccc(C2CC(c3ccc(-c4ccccc4)cc3)=NN2c2ccccc2)c1. The molecular formula is C31H30N2O2. The second kappa shape index (κ2) is 11.0. The predicted molar refractivity (Wildman–Crippen MR) is 143 cm³/mol. The van der Waals surface area contributed by atoms with Crippen LogP contribution in [-0.2, 0) is 4.74 Å². The van der Waals surface area contributed by atoms with E-state index in [-0.39, 0.29) is 6.04 Å². The second-order valence-corrected chi connectivity index (χ2v) is 8.51. The molecular weight excluding hydrogens is 432 g/mol. The summed E-state index contributed by atoms with van der Waals surface area (Å²) >= 11 is 0. The summed E-state index contributed by atoms with van der Waals surface area (Å²) in [4.78, 5) is 0. The zero-order valence-corrected chi connectivity index (χ0v) is 20.0. The number of ether oxygens (including phenoxy) is 2. The van der Waals surface area contributed by atoms with Crippen molar-refractivity contribution in [3.05, 3.63) is 120 Å². The Balaban J connectivity index is 1.41. The Kier molecular flexibility index (Phi) is 7.21. The van der Waals surface area contributed by atoms with Gasteiger partial charge in [-0.3, -0.25) is 5.01 Å². The minimum atomic E-state index is 0.0941. The lowest BCUT2D eigenvalue weighted by atomic mass is 9.96. The largest absolute Gasteiger partial charge is 0.491 e. The third-order valence-corrected chi connectivity index (χ3v) is 6.20. The van der Waals surface area contributed by atoms with E-state index in [4.69, 9.17) is 14.6 Å². The van der Waals surface area contributed by atoms with Crippen LogP contribution in [0.25, 0.3) is 11.1 Å². The highest BCUT2D eigenvalue weighted by Gasteiger charge is 2.30. The van der Waals surface area contributed by atoms with E-state index in [0.29, 0.717) is 19.8 Å². The summed E-state index contributed by atoms with van der Waals surface area (Å²) in [7, 11) is 0. The summed E-state index contributed by atoms with van der Waals surface area (Å²) in [6.45, 7) is 3.82. The maximum atomic E-state index is 5.94. The van der Waals surface area contributed by atoms with Crippen molar-refractivity contribution < 1.29 is 9.47 Å². The molecule has 176 valence electrons. The molecule has 0 aromatic heterocycles. The minimum Gasteiger partial charge on any atom is -0.491 e. The highest BCUT2D eigenvalue weighted by Crippen LogP contribution is 2.37. The third kappa shape index (κ3) is 5.44. The quantitative estimate of drug-likeness (QED) is 0.248. The predicted octanol–water partition coefficient (Wildman–Crippen LogP) is 7.12. The maximum absolute atomic E-state index is 5.94. The lowest BCUT2D eigenvalue weighted by Gasteiger charge is -2.24. The fourth-order valence-corrected chi connectivity index (χ4v) is 4.42. The van der Waals surface area contributed by atoms with Gasteiger partial charge in [0.25, 0.3) is 0 Å². The number of benzene rings is 4. The zero-order valence-electron chi connectivity index (χ0n) is 20.0. The van der Waals surface area contributed by atoms with Gasteiger partial charge in [-0.25, -0.2) is 0 Å². The summed E-state index contributed by atoms with van der Waals surface area (Å²) in [6.07, 6.45) is 0.821. The molecule has 0 N–H and O–H groups in total. The van der Waals surface area contributed by atoms with Crippen LogP contribution in [0.1, 0.15) is 30.5 Å². The average molecular weight is 463 g/mol. The fourth-order valence-electron chi connectivity index (χ4n) is 4.42. The van der Waals surface area contributed by atoms with Gasteiger partial charge in [0.2, 0.25) is 0 Å². The molecule has 1 aliphatic heterocycles. The van der Waals surface area contributed by atoms with Gasteiger partial charge in [0.15, 0.2) is 0 Å². The molecule has 4 aromatic rings. The van der Waals surface area contributed by atoms with Crippen LogP contribution < -0.4 is 9.75 Å². The first-order valence-corrected chi connectivity index (χ1v) is 12.2. The van der Waals surface area contributed by atoms with Gasteiger partial charge in [0.1, 0.15) is 12.4 Å². The Labute approximate surface area is 207 Å². The van der Waals surface area contributed by atoms with Crippen LogP contribution in [-0.4, -0.2) is 25.5 Å². The zero-order chi connectivity index (χ0) is 23.9. The number of hydrazone groups is 1. The van der Waals surface area contributed by atoms with Crippen molar-refractivity contribution in [3.63, 3.8) is 0 Å². The Morgan fingerprint density at radius 3 is 2.17 bits per heavy atom. The monoisotopic (exact) mass is 462 g/mol. The molecule has 0 amide bonds. The molecule has 1 aliphatic rings. The van der Waals surface area contributed by atoms with Crippen molar-refractivity contribution in [2.24, 2.45) is 5.10 Å². The van der Waals surface area contributed by atoms with Crippen molar-refractivity contribution in [2.75, 3.05) is 24.8 Å². The molecule has 0 spiro atoms. The normalized spacial score (nSPS) is 15.2. The first-order chi connectivity index (χ1) is 17.3. The van der Waals surface area contributed by atoms with E-state index in [2.05, 4.69) is 96.0 Å². The van der Waals surface area contributed by atoms with E-state index in [1.807, 2.05) is 25.1 Å². The van der Waals surface area contributed by atoms with E-state index < -0.39 is 0 Å². The molecule has 5 rings (SSSR count). The van der Waals surface area contributed by atoms with Crippen molar-refractivity contribution in [1.82, 2.24) is 0 Å². The highest BCUT2D eigenvalue weighted by atomic mass is 16.5. The first kappa shape index (κ1) is 22.9. The minimum absolute atomic E-state index is 0.0941. The fraction of sp³-hybridized carbons (Fsp3) is 0.194. The van der Waals surface area contributed by atoms with Crippen molar-refractivity contribution in [3.8, 4) is 16.9 Å². The van der Waals surface area contributed by atoms with E-state index in [9.17, 15) is 0 Å². The molecule has 0 radical (unpaired) electrons. The molecule has 0 fully saturated rings. The number of hydrogen-bond donors (Lipinski definition) is 0. The number of rotatable bonds is 9. The van der Waals surface area contributed by atoms with E-state index in [1.165, 1.54) is 16.7 Å². The smallest absolute Gasteiger partial charge is 0.119 e. The maximum Gasteiger partial charge on any atom is 0.119 e. The lowest BCUT2D eigenvalue weighted by molar-refractivity contribution is 0.110. The van der Waals surface area contributed by atoms with Crippen LogP contribution in [0, 0.1) is 0 Å². The van der Waals surface area contributed by atoms with Gasteiger partial charge >= 0.3 is 0 Å². The third-order valence-electron chi connectivity index (χ3n) is 6.20. The van der Waals surface area contributed by atoms with Gasteiger partial charge in [-0.05, 0) is 53.4 Å². The second-order valence-electron chi connectivity index (χ2n) is 8.51. The van der Waals surface area contributed by atoms with Gasteiger partial charge in [0, 0.05) is 13.0 Å². The van der Waals surface area contributed by atoms with Crippen LogP contribution in [0.3, 0.4) is 0 Å². The summed E-state index contributed by atoms with van der Waals surface area (Å²) in [5, 5.41) is 7.23. The van der Waals surface area contributed by atoms with Crippen LogP contribution in [0.15, 0.2) is 114 Å². The molecule has 1 heterocycles. The number of para-hydroxylation sites is 1. The van der Waals surface area contributed by atoms with Crippen LogP contribution >= 0.6 is 0 Å². The van der Waals surface area contributed by atoms with Crippen molar-refractivity contribution in [2.45, 2.75) is 19.4 Å². The standard InChI is InChI=1S/C31H30N2O2/c1-2-34-20-21-35-29-15-9-12-27(22-29)31-23-30(32-33(31)28-13-7-4-8-14-28)26-18-16-25(17-19-26)24-10-5-3-6-11-24/h3-19,22,31H,2,20-21,23H2,1H3. The van der Waals surface area contributed by atoms with Crippen molar-refractivity contribution >= 4 is 11.4 Å². The van der Waals surface area contributed by atoms with E-state index in [1.54, 1.807) is 0 Å². The van der Waals surface area contributed by atoms with Gasteiger partial charge in [-0.2, -0.15) is 5.10 Å². The van der Waals surface area contributed by atoms with Gasteiger partial charge < -0.3 is 9.47 Å². The molecule has 1 atom stereocenters. The molecule has 0 saturated heterocycles. The molecule has 35 heavy (non-hydrogen) atoms. The Hall–Kier alpha value is -3.89. The van der Waals surface area contributed by atoms with E-state index in [0.717, 1.165) is 29.1 Å². The van der Waals surface area contributed by atoms with Crippen LogP contribution in [0.4, 0.5) is 5.69 Å². The topological polar surface area (TPSA) is 34.1 Å². The molecule has 0 aliphatic carbocycles. The van der Waals surface area contributed by atoms with Gasteiger partial charge in [0.05, 0.1) is 24.0 Å². The highest BCUT2D eigenvalue weighted by molar-refractivity contribution is 6.03. The summed E-state index contributed by atoms with van der Waals surface area (Å²) < 4.78 is 11.3. The number of nitrogens with zero attached hydrogens (tertiary/aromatic N) is 2. The molecule has 0 saturated carbocycles. The first-order valence-electron chi connectivity index (χ1n) is 12.2. The number of anilines is 1. The van der Waals surface area contributed by atoms with Crippen molar-refractivity contribution in [1.29, 1.82) is 0 Å². The Morgan fingerprint density at radius 2 is 1.43 bits per heavy atom. The molecule has 0 bridgehead atoms. The van der Waals surface area contributed by atoms with Gasteiger partial charge in [-0.1, -0.05) is 84.9 Å². The summed E-state index contributed by atoms with van der Waals surface area (Å²) in [5.74, 6) is 0.857. The Morgan fingerprint density at radius 1 is 0.743 bits per heavy atom. The summed E-state index contributed by atoms with van der Waals surface area (Å²) in [6, 6.07) is 38.0. The van der Waals surface area contributed by atoms with Crippen LogP contribution in [0.2, 0.25) is 0 Å². The average Bonchev–Trinajstić information content (AvgIpc) is 3.38. The van der Waals surface area contributed by atoms with E-state index >= 15 is 0 Å². The summed E-state index contributed by atoms with van der Waals surface area (Å²) in [5.41, 5.74) is 6.93. The molecule has 4 heteroatoms. The van der Waals surface area contributed by atoms with Gasteiger partial charge in [-0.15, -0.1) is 0 Å². The number of hydrogen-bond acceptors (Lipinski definition) is 4. The lowest BCUT2D eigenvalue weighted by Crippen LogP contribution is -2.18. The van der Waals surface area contributed by atoms with Crippen LogP contribution in [0.5, 0.6) is 5.75 Å². The molecule has 1 unspecified atom stereocenters. The molecule has 4 nitrogen and oxygen atoms in total. The Bertz CT molecular complexity index is 1250.